The van der Waals surface area contributed by atoms with Crippen molar-refractivity contribution >= 4 is 12.4 Å². The zero-order chi connectivity index (χ0) is 7.61. The fourth-order valence-corrected chi connectivity index (χ4v) is 0.918. The summed E-state index contributed by atoms with van der Waals surface area (Å²) in [6.07, 6.45) is -4.14. The zero-order valence-electron chi connectivity index (χ0n) is 5.82. The second kappa shape index (κ2) is 4.13. The van der Waals surface area contributed by atoms with Crippen LogP contribution >= 0.6 is 12.4 Å². The molecule has 0 radical (unpaired) electrons. The predicted molar refractivity (Wildman–Crippen MR) is 37.7 cm³/mol. The van der Waals surface area contributed by atoms with Crippen molar-refractivity contribution in [2.75, 3.05) is 26.2 Å². The van der Waals surface area contributed by atoms with Crippen LogP contribution in [0.3, 0.4) is 0 Å². The summed E-state index contributed by atoms with van der Waals surface area (Å²) in [7, 11) is 0. The molecule has 0 amide bonds. The first-order valence-electron chi connectivity index (χ1n) is 3.13. The third kappa shape index (κ3) is 3.27. The Labute approximate surface area is 69.2 Å². The molecule has 0 spiro atoms. The molecule has 0 aliphatic carbocycles. The van der Waals surface area contributed by atoms with Gasteiger partial charge in [-0.15, -0.1) is 12.4 Å². The summed E-state index contributed by atoms with van der Waals surface area (Å²) >= 11 is 0. The number of nitrogens with one attached hydrogen (secondary N) is 1. The van der Waals surface area contributed by atoms with Crippen LogP contribution in [0.4, 0.5) is 13.2 Å². The van der Waals surface area contributed by atoms with Crippen LogP contribution in [0.5, 0.6) is 0 Å². The Balaban J connectivity index is 0.000001000. The molecule has 0 aromatic carbocycles. The van der Waals surface area contributed by atoms with E-state index in [1.54, 1.807) is 0 Å². The largest absolute Gasteiger partial charge is 0.460 e. The van der Waals surface area contributed by atoms with Gasteiger partial charge in [-0.25, -0.2) is 4.90 Å². The minimum absolute atomic E-state index is 0. The number of rotatable bonds is 0. The fraction of sp³-hybridized carbons (Fsp3) is 1.00. The molecule has 0 bridgehead atoms. The van der Waals surface area contributed by atoms with E-state index in [1.807, 2.05) is 0 Å². The molecular formula is C5H10ClF3N2. The van der Waals surface area contributed by atoms with Gasteiger partial charge in [-0.05, 0) is 0 Å². The molecule has 11 heavy (non-hydrogen) atoms. The summed E-state index contributed by atoms with van der Waals surface area (Å²) in [6.45, 7) is 1.01. The number of hydrogen-bond donors (Lipinski definition) is 1. The minimum atomic E-state index is -4.14. The van der Waals surface area contributed by atoms with Crippen molar-refractivity contribution < 1.29 is 13.2 Å². The van der Waals surface area contributed by atoms with E-state index in [9.17, 15) is 13.2 Å². The molecule has 6 heteroatoms. The van der Waals surface area contributed by atoms with Crippen molar-refractivity contribution in [1.29, 1.82) is 0 Å². The van der Waals surface area contributed by atoms with Crippen LogP contribution in [-0.4, -0.2) is 37.4 Å². The van der Waals surface area contributed by atoms with Gasteiger partial charge in [-0.2, -0.15) is 13.2 Å². The van der Waals surface area contributed by atoms with Crippen molar-refractivity contribution in [3.63, 3.8) is 0 Å². The second-order valence-electron chi connectivity index (χ2n) is 2.20. The van der Waals surface area contributed by atoms with Gasteiger partial charge in [0.2, 0.25) is 0 Å². The number of halogens is 4. The lowest BCUT2D eigenvalue weighted by Crippen LogP contribution is -2.50. The average molecular weight is 191 g/mol. The maximum absolute atomic E-state index is 11.8. The van der Waals surface area contributed by atoms with Gasteiger partial charge in [0.15, 0.2) is 0 Å². The maximum atomic E-state index is 11.8. The van der Waals surface area contributed by atoms with E-state index in [2.05, 4.69) is 5.32 Å². The molecule has 0 saturated carbocycles. The van der Waals surface area contributed by atoms with Gasteiger partial charge in [0.05, 0.1) is 0 Å². The van der Waals surface area contributed by atoms with Crippen molar-refractivity contribution in [1.82, 2.24) is 10.2 Å². The quantitative estimate of drug-likeness (QED) is 0.570. The van der Waals surface area contributed by atoms with Gasteiger partial charge in [-0.3, -0.25) is 0 Å². The Hall–Kier alpha value is -0.0000000000000000416. The van der Waals surface area contributed by atoms with Crippen LogP contribution in [0.2, 0.25) is 0 Å². The van der Waals surface area contributed by atoms with Gasteiger partial charge in [0.1, 0.15) is 0 Å². The van der Waals surface area contributed by atoms with Crippen LogP contribution in [0, 0.1) is 0 Å². The molecule has 0 unspecified atom stereocenters. The molecular weight excluding hydrogens is 181 g/mol. The third-order valence-corrected chi connectivity index (χ3v) is 1.48. The van der Waals surface area contributed by atoms with Gasteiger partial charge < -0.3 is 5.32 Å². The fourth-order valence-electron chi connectivity index (χ4n) is 0.918. The van der Waals surface area contributed by atoms with E-state index in [0.717, 1.165) is 0 Å². The van der Waals surface area contributed by atoms with Gasteiger partial charge >= 0.3 is 6.30 Å². The normalized spacial score (nSPS) is 21.0. The highest BCUT2D eigenvalue weighted by molar-refractivity contribution is 5.85. The highest BCUT2D eigenvalue weighted by atomic mass is 35.5. The van der Waals surface area contributed by atoms with Crippen molar-refractivity contribution in [2.24, 2.45) is 0 Å². The van der Waals surface area contributed by atoms with E-state index in [1.165, 1.54) is 0 Å². The van der Waals surface area contributed by atoms with E-state index in [4.69, 9.17) is 0 Å². The lowest BCUT2D eigenvalue weighted by molar-refractivity contribution is -0.247. The second-order valence-corrected chi connectivity index (χ2v) is 2.20. The van der Waals surface area contributed by atoms with Crippen LogP contribution in [0.15, 0.2) is 0 Å². The first kappa shape index (κ1) is 11.0. The first-order valence-corrected chi connectivity index (χ1v) is 3.13. The SMILES string of the molecule is Cl.FC(F)(F)N1CCNCC1. The monoisotopic (exact) mass is 190 g/mol. The highest BCUT2D eigenvalue weighted by Crippen LogP contribution is 2.20. The predicted octanol–water partition coefficient (Wildman–Crippen LogP) is 0.833. The maximum Gasteiger partial charge on any atom is 0.460 e. The molecule has 1 saturated heterocycles. The first-order chi connectivity index (χ1) is 4.61. The van der Waals surface area contributed by atoms with Crippen LogP contribution < -0.4 is 5.32 Å². The summed E-state index contributed by atoms with van der Waals surface area (Å²) in [5.41, 5.74) is 0. The molecule has 0 aromatic heterocycles. The molecule has 1 N–H and O–H groups in total. The Bertz CT molecular complexity index is 111. The van der Waals surface area contributed by atoms with Crippen molar-refractivity contribution in [3.8, 4) is 0 Å². The van der Waals surface area contributed by atoms with Gasteiger partial charge in [0, 0.05) is 26.2 Å². The summed E-state index contributed by atoms with van der Waals surface area (Å²) < 4.78 is 35.5. The standard InChI is InChI=1S/C5H9F3N2.ClH/c6-5(7,8)10-3-1-9-2-4-10;/h9H,1-4H2;1H. The number of alkyl halides is 3. The average Bonchev–Trinajstić information content (AvgIpc) is 1.88. The van der Waals surface area contributed by atoms with E-state index in [-0.39, 0.29) is 25.5 Å². The van der Waals surface area contributed by atoms with Crippen LogP contribution in [0.25, 0.3) is 0 Å². The molecule has 1 aliphatic rings. The molecule has 1 heterocycles. The van der Waals surface area contributed by atoms with Crippen molar-refractivity contribution in [3.05, 3.63) is 0 Å². The molecule has 1 aliphatic heterocycles. The van der Waals surface area contributed by atoms with Crippen molar-refractivity contribution in [2.45, 2.75) is 6.30 Å². The number of piperazine rings is 1. The Morgan fingerprint density at radius 3 is 1.82 bits per heavy atom. The van der Waals surface area contributed by atoms with Crippen LogP contribution in [0.1, 0.15) is 0 Å². The summed E-state index contributed by atoms with van der Waals surface area (Å²) in [5, 5.41) is 2.85. The molecule has 1 fully saturated rings. The Morgan fingerprint density at radius 2 is 1.55 bits per heavy atom. The summed E-state index contributed by atoms with van der Waals surface area (Å²) in [6, 6.07) is 0. The molecule has 2 nitrogen and oxygen atoms in total. The van der Waals surface area contributed by atoms with Gasteiger partial charge in [0.25, 0.3) is 0 Å². The molecule has 1 rings (SSSR count). The van der Waals surface area contributed by atoms with Crippen LogP contribution in [-0.2, 0) is 0 Å². The molecule has 0 atom stereocenters. The summed E-state index contributed by atoms with van der Waals surface area (Å²) in [5.74, 6) is 0. The molecule has 0 aromatic rings. The molecule has 68 valence electrons. The topological polar surface area (TPSA) is 15.3 Å². The smallest absolute Gasteiger partial charge is 0.314 e. The van der Waals surface area contributed by atoms with Gasteiger partial charge in [-0.1, -0.05) is 0 Å². The third-order valence-electron chi connectivity index (χ3n) is 1.48. The van der Waals surface area contributed by atoms with E-state index < -0.39 is 6.30 Å². The zero-order valence-corrected chi connectivity index (χ0v) is 6.63. The lowest BCUT2D eigenvalue weighted by Gasteiger charge is -2.28. The minimum Gasteiger partial charge on any atom is -0.314 e. The summed E-state index contributed by atoms with van der Waals surface area (Å²) in [4.78, 5) is 0.517. The Morgan fingerprint density at radius 1 is 1.09 bits per heavy atom. The number of hydrogen-bond acceptors (Lipinski definition) is 2. The number of nitrogens with zero attached hydrogens (tertiary/aromatic N) is 1. The van der Waals surface area contributed by atoms with E-state index >= 15 is 0 Å². The van der Waals surface area contributed by atoms with E-state index in [0.29, 0.717) is 18.0 Å². The highest BCUT2D eigenvalue weighted by Gasteiger charge is 2.37. The Kier molecular flexibility index (Phi) is 4.13. The lowest BCUT2D eigenvalue weighted by atomic mass is 10.4.